The van der Waals surface area contributed by atoms with Crippen molar-refractivity contribution in [2.24, 2.45) is 5.73 Å². The van der Waals surface area contributed by atoms with Gasteiger partial charge in [0.2, 0.25) is 5.82 Å². The number of nitrogens with zero attached hydrogens (tertiary/aromatic N) is 1. The van der Waals surface area contributed by atoms with Crippen LogP contribution in [0.25, 0.3) is 0 Å². The molecule has 1 aliphatic carbocycles. The first-order valence-corrected chi connectivity index (χ1v) is 4.72. The zero-order valence-corrected chi connectivity index (χ0v) is 8.07. The van der Waals surface area contributed by atoms with E-state index < -0.39 is 16.4 Å². The molecule has 5 heteroatoms. The van der Waals surface area contributed by atoms with Crippen LogP contribution in [0.3, 0.4) is 0 Å². The summed E-state index contributed by atoms with van der Waals surface area (Å²) in [5.41, 5.74) is 5.36. The Morgan fingerprint density at radius 1 is 1.53 bits per heavy atom. The second kappa shape index (κ2) is 3.27. The van der Waals surface area contributed by atoms with Crippen molar-refractivity contribution in [2.75, 3.05) is 0 Å². The molecule has 0 aliphatic heterocycles. The van der Waals surface area contributed by atoms with Crippen LogP contribution >= 0.6 is 0 Å². The average Bonchev–Trinajstić information content (AvgIpc) is 2.87. The molecule has 0 saturated heterocycles. The minimum absolute atomic E-state index is 0.337. The molecule has 1 fully saturated rings. The molecule has 1 saturated carbocycles. The molecule has 0 bridgehead atoms. The van der Waals surface area contributed by atoms with Gasteiger partial charge in [0.25, 0.3) is 0 Å². The van der Waals surface area contributed by atoms with Gasteiger partial charge in [0.05, 0.1) is 4.92 Å². The summed E-state index contributed by atoms with van der Waals surface area (Å²) in [6.45, 7) is 0. The Balaban J connectivity index is 2.31. The SMILES string of the molecule is NC1(Cc2cccc([N+](=O)[O-])c2F)CC1. The van der Waals surface area contributed by atoms with Gasteiger partial charge in [-0.1, -0.05) is 12.1 Å². The summed E-state index contributed by atoms with van der Waals surface area (Å²) in [7, 11) is 0. The number of halogens is 1. The molecule has 2 rings (SSSR count). The fraction of sp³-hybridized carbons (Fsp3) is 0.400. The molecule has 80 valence electrons. The molecule has 1 aromatic rings. The predicted molar refractivity (Wildman–Crippen MR) is 52.9 cm³/mol. The molecule has 1 aromatic carbocycles. The minimum atomic E-state index is -0.751. The maximum Gasteiger partial charge on any atom is 0.305 e. The fourth-order valence-corrected chi connectivity index (χ4v) is 1.56. The molecular weight excluding hydrogens is 199 g/mol. The van der Waals surface area contributed by atoms with E-state index in [0.717, 1.165) is 18.9 Å². The first-order valence-electron chi connectivity index (χ1n) is 4.72. The van der Waals surface area contributed by atoms with Crippen LogP contribution < -0.4 is 5.73 Å². The van der Waals surface area contributed by atoms with Gasteiger partial charge >= 0.3 is 5.69 Å². The topological polar surface area (TPSA) is 69.2 Å². The quantitative estimate of drug-likeness (QED) is 0.610. The maximum absolute atomic E-state index is 13.6. The van der Waals surface area contributed by atoms with Gasteiger partial charge in [-0.05, 0) is 24.8 Å². The van der Waals surface area contributed by atoms with Gasteiger partial charge in [0, 0.05) is 11.6 Å². The number of nitro benzene ring substituents is 1. The molecule has 1 aliphatic rings. The van der Waals surface area contributed by atoms with Crippen molar-refractivity contribution in [2.45, 2.75) is 24.8 Å². The normalized spacial score (nSPS) is 17.5. The van der Waals surface area contributed by atoms with Crippen molar-refractivity contribution in [1.29, 1.82) is 0 Å². The van der Waals surface area contributed by atoms with Crippen molar-refractivity contribution in [3.05, 3.63) is 39.7 Å². The smallest absolute Gasteiger partial charge is 0.305 e. The molecule has 0 aromatic heterocycles. The number of benzene rings is 1. The third-order valence-electron chi connectivity index (χ3n) is 2.69. The molecule has 4 nitrogen and oxygen atoms in total. The zero-order valence-electron chi connectivity index (χ0n) is 8.07. The predicted octanol–water partition coefficient (Wildman–Crippen LogP) is 1.77. The highest BCUT2D eigenvalue weighted by molar-refractivity contribution is 5.38. The minimum Gasteiger partial charge on any atom is -0.325 e. The van der Waals surface area contributed by atoms with Gasteiger partial charge in [-0.3, -0.25) is 10.1 Å². The number of nitro groups is 1. The Hall–Kier alpha value is -1.49. The van der Waals surface area contributed by atoms with E-state index in [1.807, 2.05) is 0 Å². The van der Waals surface area contributed by atoms with E-state index in [-0.39, 0.29) is 5.54 Å². The number of nitrogens with two attached hydrogens (primary N) is 1. The van der Waals surface area contributed by atoms with Gasteiger partial charge in [-0.15, -0.1) is 0 Å². The summed E-state index contributed by atoms with van der Waals surface area (Å²) < 4.78 is 13.6. The van der Waals surface area contributed by atoms with Crippen molar-refractivity contribution in [3.63, 3.8) is 0 Å². The standard InChI is InChI=1S/C10H11FN2O2/c11-9-7(6-10(12)4-5-10)2-1-3-8(9)13(14)15/h1-3H,4-6,12H2. The van der Waals surface area contributed by atoms with Gasteiger partial charge < -0.3 is 5.73 Å². The van der Waals surface area contributed by atoms with E-state index in [1.54, 1.807) is 6.07 Å². The van der Waals surface area contributed by atoms with Crippen LogP contribution in [-0.2, 0) is 6.42 Å². The van der Waals surface area contributed by atoms with Crippen molar-refractivity contribution >= 4 is 5.69 Å². The van der Waals surface area contributed by atoms with Gasteiger partial charge in [0.1, 0.15) is 0 Å². The Morgan fingerprint density at radius 3 is 2.73 bits per heavy atom. The molecule has 0 unspecified atom stereocenters. The lowest BCUT2D eigenvalue weighted by atomic mass is 10.0. The van der Waals surface area contributed by atoms with E-state index in [1.165, 1.54) is 6.07 Å². The first kappa shape index (κ1) is 10.0. The summed E-state index contributed by atoms with van der Waals surface area (Å²) >= 11 is 0. The summed E-state index contributed by atoms with van der Waals surface area (Å²) in [5, 5.41) is 10.5. The van der Waals surface area contributed by atoms with E-state index in [2.05, 4.69) is 0 Å². The summed E-state index contributed by atoms with van der Waals surface area (Å²) in [6.07, 6.45) is 2.09. The highest BCUT2D eigenvalue weighted by atomic mass is 19.1. The van der Waals surface area contributed by atoms with Crippen LogP contribution in [0, 0.1) is 15.9 Å². The molecule has 2 N–H and O–H groups in total. The molecule has 0 radical (unpaired) electrons. The van der Waals surface area contributed by atoms with Crippen LogP contribution in [0.2, 0.25) is 0 Å². The van der Waals surface area contributed by atoms with E-state index in [4.69, 9.17) is 5.73 Å². The lowest BCUT2D eigenvalue weighted by Gasteiger charge is -2.08. The molecule has 0 amide bonds. The largest absolute Gasteiger partial charge is 0.325 e. The van der Waals surface area contributed by atoms with Crippen LogP contribution in [0.4, 0.5) is 10.1 Å². The average molecular weight is 210 g/mol. The lowest BCUT2D eigenvalue weighted by Crippen LogP contribution is -2.25. The van der Waals surface area contributed by atoms with Crippen LogP contribution in [0.15, 0.2) is 18.2 Å². The fourth-order valence-electron chi connectivity index (χ4n) is 1.56. The van der Waals surface area contributed by atoms with Gasteiger partial charge in [-0.2, -0.15) is 4.39 Å². The van der Waals surface area contributed by atoms with E-state index >= 15 is 0 Å². The van der Waals surface area contributed by atoms with Gasteiger partial charge in [0.15, 0.2) is 0 Å². The molecule has 0 heterocycles. The third kappa shape index (κ3) is 1.97. The van der Waals surface area contributed by atoms with Crippen molar-refractivity contribution in [3.8, 4) is 0 Å². The Morgan fingerprint density at radius 2 is 2.20 bits per heavy atom. The molecule has 0 spiro atoms. The van der Waals surface area contributed by atoms with Crippen LogP contribution in [0.1, 0.15) is 18.4 Å². The highest BCUT2D eigenvalue weighted by Gasteiger charge is 2.39. The zero-order chi connectivity index (χ0) is 11.1. The molecule has 0 atom stereocenters. The summed E-state index contributed by atoms with van der Waals surface area (Å²) in [5.74, 6) is -0.751. The molecule has 15 heavy (non-hydrogen) atoms. The maximum atomic E-state index is 13.6. The monoisotopic (exact) mass is 210 g/mol. The second-order valence-electron chi connectivity index (χ2n) is 4.05. The van der Waals surface area contributed by atoms with E-state index in [9.17, 15) is 14.5 Å². The lowest BCUT2D eigenvalue weighted by molar-refractivity contribution is -0.387. The third-order valence-corrected chi connectivity index (χ3v) is 2.69. The molecular formula is C10H11FN2O2. The number of hydrogen-bond acceptors (Lipinski definition) is 3. The van der Waals surface area contributed by atoms with Crippen LogP contribution in [-0.4, -0.2) is 10.5 Å². The van der Waals surface area contributed by atoms with Crippen LogP contribution in [0.5, 0.6) is 0 Å². The Bertz CT molecular complexity index is 416. The number of rotatable bonds is 3. The Kier molecular flexibility index (Phi) is 2.19. The number of hydrogen-bond donors (Lipinski definition) is 1. The van der Waals surface area contributed by atoms with Crippen molar-refractivity contribution in [1.82, 2.24) is 0 Å². The Labute approximate surface area is 86.0 Å². The highest BCUT2D eigenvalue weighted by Crippen LogP contribution is 2.37. The van der Waals surface area contributed by atoms with Crippen molar-refractivity contribution < 1.29 is 9.31 Å². The van der Waals surface area contributed by atoms with E-state index in [0.29, 0.717) is 12.0 Å². The second-order valence-corrected chi connectivity index (χ2v) is 4.05. The summed E-state index contributed by atoms with van der Waals surface area (Å²) in [6, 6.07) is 4.20. The summed E-state index contributed by atoms with van der Waals surface area (Å²) in [4.78, 5) is 9.78. The van der Waals surface area contributed by atoms with Gasteiger partial charge in [-0.25, -0.2) is 0 Å². The first-order chi connectivity index (χ1) is 7.02.